The molecular weight excluding hydrogens is 202 g/mol. The van der Waals surface area contributed by atoms with E-state index in [1.807, 2.05) is 0 Å². The van der Waals surface area contributed by atoms with E-state index >= 15 is 0 Å². The highest BCUT2D eigenvalue weighted by Crippen LogP contribution is 2.11. The highest BCUT2D eigenvalue weighted by Gasteiger charge is 2.24. The molecule has 0 aromatic carbocycles. The van der Waals surface area contributed by atoms with E-state index in [1.54, 1.807) is 0 Å². The van der Waals surface area contributed by atoms with Crippen molar-refractivity contribution < 1.29 is 24.2 Å². The van der Waals surface area contributed by atoms with Crippen LogP contribution in [0.2, 0.25) is 0 Å². The molecule has 1 heterocycles. The van der Waals surface area contributed by atoms with Crippen LogP contribution in [0.5, 0.6) is 0 Å². The van der Waals surface area contributed by atoms with E-state index in [4.69, 9.17) is 4.74 Å². The van der Waals surface area contributed by atoms with Gasteiger partial charge in [0.1, 0.15) is 6.10 Å². The number of hydrogen-bond donors (Lipinski definition) is 2. The number of carbonyl (C=O) groups excluding carboxylic acids is 2. The Morgan fingerprint density at radius 1 is 1.67 bits per heavy atom. The summed E-state index contributed by atoms with van der Waals surface area (Å²) >= 11 is 0. The highest BCUT2D eigenvalue weighted by molar-refractivity contribution is 5.82. The van der Waals surface area contributed by atoms with Crippen molar-refractivity contribution in [3.63, 3.8) is 0 Å². The zero-order chi connectivity index (χ0) is 11.3. The van der Waals surface area contributed by atoms with Gasteiger partial charge in [-0.2, -0.15) is 0 Å². The Hall–Kier alpha value is -1.14. The van der Waals surface area contributed by atoms with Crippen molar-refractivity contribution in [2.24, 2.45) is 0 Å². The third kappa shape index (κ3) is 3.49. The van der Waals surface area contributed by atoms with Crippen LogP contribution in [0.25, 0.3) is 0 Å². The quantitative estimate of drug-likeness (QED) is 0.579. The molecular formula is C9H15NO5. The monoisotopic (exact) mass is 217 g/mol. The van der Waals surface area contributed by atoms with Gasteiger partial charge in [0.25, 0.3) is 0 Å². The van der Waals surface area contributed by atoms with E-state index in [2.05, 4.69) is 10.1 Å². The van der Waals surface area contributed by atoms with E-state index in [0.29, 0.717) is 13.0 Å². The Balaban J connectivity index is 2.24. The molecule has 1 aliphatic rings. The van der Waals surface area contributed by atoms with Gasteiger partial charge in [0.2, 0.25) is 5.91 Å². The smallest absolute Gasteiger partial charge is 0.336 e. The fraction of sp³-hybridized carbons (Fsp3) is 0.778. The maximum Gasteiger partial charge on any atom is 0.336 e. The highest BCUT2D eigenvalue weighted by atomic mass is 16.5. The summed E-state index contributed by atoms with van der Waals surface area (Å²) in [6.07, 6.45) is -0.229. The molecule has 0 spiro atoms. The van der Waals surface area contributed by atoms with E-state index in [0.717, 1.165) is 6.42 Å². The molecule has 1 saturated heterocycles. The van der Waals surface area contributed by atoms with Crippen LogP contribution in [0.1, 0.15) is 12.8 Å². The van der Waals surface area contributed by atoms with Crippen molar-refractivity contribution in [3.05, 3.63) is 0 Å². The molecule has 1 unspecified atom stereocenters. The molecule has 0 aromatic heterocycles. The molecule has 1 amide bonds. The molecule has 1 fully saturated rings. The van der Waals surface area contributed by atoms with Crippen LogP contribution in [0.4, 0.5) is 0 Å². The molecule has 0 saturated carbocycles. The topological polar surface area (TPSA) is 84.9 Å². The molecule has 0 aliphatic carbocycles. The molecule has 2 N–H and O–H groups in total. The number of aliphatic hydroxyl groups is 1. The zero-order valence-electron chi connectivity index (χ0n) is 8.56. The summed E-state index contributed by atoms with van der Waals surface area (Å²) in [6.45, 7) is 0.434. The maximum atomic E-state index is 11.4. The predicted octanol–water partition coefficient (Wildman–Crippen LogP) is -1.18. The minimum Gasteiger partial charge on any atom is -0.467 e. The molecule has 1 rings (SSSR count). The summed E-state index contributed by atoms with van der Waals surface area (Å²) in [6, 6.07) is 0. The molecule has 0 radical (unpaired) electrons. The average Bonchev–Trinajstić information content (AvgIpc) is 2.77. The van der Waals surface area contributed by atoms with Gasteiger partial charge in [0.05, 0.1) is 13.7 Å². The number of esters is 1. The Labute approximate surface area is 87.5 Å². The minimum atomic E-state index is -1.32. The van der Waals surface area contributed by atoms with Gasteiger partial charge in [-0.25, -0.2) is 4.79 Å². The first kappa shape index (κ1) is 11.9. The number of carbonyl (C=O) groups is 2. The third-order valence-corrected chi connectivity index (χ3v) is 2.17. The first-order valence-corrected chi connectivity index (χ1v) is 4.80. The Morgan fingerprint density at radius 3 is 2.93 bits per heavy atom. The first-order chi connectivity index (χ1) is 7.15. The number of aliphatic hydroxyl groups excluding tert-OH is 1. The van der Waals surface area contributed by atoms with E-state index in [9.17, 15) is 14.7 Å². The maximum absolute atomic E-state index is 11.4. The molecule has 6 nitrogen and oxygen atoms in total. The van der Waals surface area contributed by atoms with Crippen LogP contribution in [0.3, 0.4) is 0 Å². The molecule has 86 valence electrons. The Kier molecular flexibility index (Phi) is 4.51. The fourth-order valence-electron chi connectivity index (χ4n) is 1.31. The normalized spacial score (nSPS) is 22.1. The summed E-state index contributed by atoms with van der Waals surface area (Å²) in [5.41, 5.74) is 0. The van der Waals surface area contributed by atoms with E-state index < -0.39 is 18.2 Å². The fourth-order valence-corrected chi connectivity index (χ4v) is 1.31. The average molecular weight is 217 g/mol. The molecule has 2 atom stereocenters. The molecule has 0 aromatic rings. The van der Waals surface area contributed by atoms with Crippen molar-refractivity contribution in [1.82, 2.24) is 5.32 Å². The number of amides is 1. The van der Waals surface area contributed by atoms with Gasteiger partial charge in [0, 0.05) is 6.61 Å². The van der Waals surface area contributed by atoms with Gasteiger partial charge in [-0.3, -0.25) is 4.79 Å². The standard InChI is InChI=1S/C9H15NO5/c1-14-9(13)6(11)5-10-8(12)7-3-2-4-15-7/h6-7,11H,2-5H2,1H3,(H,10,12)/t6?,7-/m0/s1. The zero-order valence-corrected chi connectivity index (χ0v) is 8.56. The Bertz CT molecular complexity index is 237. The lowest BCUT2D eigenvalue weighted by molar-refractivity contribution is -0.150. The molecule has 15 heavy (non-hydrogen) atoms. The number of rotatable bonds is 4. The van der Waals surface area contributed by atoms with Crippen LogP contribution in [0, 0.1) is 0 Å². The number of hydrogen-bond acceptors (Lipinski definition) is 5. The summed E-state index contributed by atoms with van der Waals surface area (Å²) in [5, 5.41) is 11.6. The Morgan fingerprint density at radius 2 is 2.40 bits per heavy atom. The lowest BCUT2D eigenvalue weighted by Gasteiger charge is -2.12. The molecule has 1 aliphatic heterocycles. The van der Waals surface area contributed by atoms with Crippen LogP contribution in [-0.2, 0) is 19.1 Å². The summed E-state index contributed by atoms with van der Waals surface area (Å²) < 4.78 is 9.42. The molecule has 6 heteroatoms. The van der Waals surface area contributed by atoms with Crippen molar-refractivity contribution in [1.29, 1.82) is 0 Å². The third-order valence-electron chi connectivity index (χ3n) is 2.17. The minimum absolute atomic E-state index is 0.147. The van der Waals surface area contributed by atoms with Crippen molar-refractivity contribution in [2.45, 2.75) is 25.0 Å². The number of ether oxygens (including phenoxy) is 2. The summed E-state index contributed by atoms with van der Waals surface area (Å²) in [5.74, 6) is -1.06. The van der Waals surface area contributed by atoms with Gasteiger partial charge >= 0.3 is 5.97 Å². The second-order valence-corrected chi connectivity index (χ2v) is 3.29. The molecule has 0 bridgehead atoms. The second-order valence-electron chi connectivity index (χ2n) is 3.29. The van der Waals surface area contributed by atoms with E-state index in [-0.39, 0.29) is 12.5 Å². The predicted molar refractivity (Wildman–Crippen MR) is 50.0 cm³/mol. The summed E-state index contributed by atoms with van der Waals surface area (Å²) in [4.78, 5) is 22.2. The van der Waals surface area contributed by atoms with Gasteiger partial charge in [-0.15, -0.1) is 0 Å². The largest absolute Gasteiger partial charge is 0.467 e. The van der Waals surface area contributed by atoms with E-state index in [1.165, 1.54) is 7.11 Å². The van der Waals surface area contributed by atoms with Crippen molar-refractivity contribution in [3.8, 4) is 0 Å². The second kappa shape index (κ2) is 5.67. The van der Waals surface area contributed by atoms with Crippen LogP contribution in [-0.4, -0.2) is 49.5 Å². The van der Waals surface area contributed by atoms with Gasteiger partial charge < -0.3 is 19.9 Å². The SMILES string of the molecule is COC(=O)C(O)CNC(=O)[C@@H]1CCCO1. The number of methoxy groups -OCH3 is 1. The van der Waals surface area contributed by atoms with Crippen LogP contribution >= 0.6 is 0 Å². The van der Waals surface area contributed by atoms with Gasteiger partial charge in [-0.05, 0) is 12.8 Å². The van der Waals surface area contributed by atoms with Gasteiger partial charge in [0.15, 0.2) is 6.10 Å². The van der Waals surface area contributed by atoms with Crippen LogP contribution in [0.15, 0.2) is 0 Å². The first-order valence-electron chi connectivity index (χ1n) is 4.80. The van der Waals surface area contributed by atoms with Crippen molar-refractivity contribution in [2.75, 3.05) is 20.3 Å². The summed E-state index contributed by atoms with van der Waals surface area (Å²) in [7, 11) is 1.17. The lowest BCUT2D eigenvalue weighted by Crippen LogP contribution is -2.41. The van der Waals surface area contributed by atoms with Crippen LogP contribution < -0.4 is 5.32 Å². The van der Waals surface area contributed by atoms with Crippen molar-refractivity contribution >= 4 is 11.9 Å². The lowest BCUT2D eigenvalue weighted by atomic mass is 10.2. The number of nitrogens with one attached hydrogen (secondary N) is 1. The van der Waals surface area contributed by atoms with Gasteiger partial charge in [-0.1, -0.05) is 0 Å².